The summed E-state index contributed by atoms with van der Waals surface area (Å²) in [7, 11) is 0. The fourth-order valence-electron chi connectivity index (χ4n) is 3.40. The molecule has 0 radical (unpaired) electrons. The minimum atomic E-state index is -0.733. The summed E-state index contributed by atoms with van der Waals surface area (Å²) in [5.41, 5.74) is 0.293. The van der Waals surface area contributed by atoms with E-state index in [1.165, 1.54) is 4.90 Å². The Morgan fingerprint density at radius 2 is 2.05 bits per heavy atom. The quantitative estimate of drug-likeness (QED) is 0.805. The molecule has 1 aliphatic heterocycles. The van der Waals surface area contributed by atoms with E-state index in [0.29, 0.717) is 30.0 Å². The first kappa shape index (κ1) is 13.6. The van der Waals surface area contributed by atoms with Crippen LogP contribution in [0.2, 0.25) is 0 Å². The average molecular weight is 283 g/mol. The van der Waals surface area contributed by atoms with Gasteiger partial charge in [-0.1, -0.05) is 19.8 Å². The summed E-state index contributed by atoms with van der Waals surface area (Å²) in [6, 6.07) is 8.17. The van der Waals surface area contributed by atoms with Crippen LogP contribution >= 0.6 is 0 Å². The normalized spacial score (nSPS) is 28.6. The number of imide groups is 1. The van der Waals surface area contributed by atoms with Crippen molar-refractivity contribution < 1.29 is 9.59 Å². The zero-order chi connectivity index (χ0) is 15.0. The van der Waals surface area contributed by atoms with Gasteiger partial charge in [-0.15, -0.1) is 0 Å². The first-order valence-corrected chi connectivity index (χ1v) is 7.22. The second kappa shape index (κ2) is 4.88. The van der Waals surface area contributed by atoms with Crippen LogP contribution in [0.1, 0.15) is 38.2 Å². The fourth-order valence-corrected chi connectivity index (χ4v) is 3.40. The van der Waals surface area contributed by atoms with E-state index < -0.39 is 5.54 Å². The van der Waals surface area contributed by atoms with Crippen molar-refractivity contribution in [2.75, 3.05) is 4.90 Å². The third-order valence-electron chi connectivity index (χ3n) is 4.41. The molecule has 5 heteroatoms. The van der Waals surface area contributed by atoms with Crippen molar-refractivity contribution in [3.05, 3.63) is 29.8 Å². The lowest BCUT2D eigenvalue weighted by Gasteiger charge is -2.34. The van der Waals surface area contributed by atoms with Gasteiger partial charge in [0.25, 0.3) is 5.91 Å². The molecule has 1 aromatic carbocycles. The van der Waals surface area contributed by atoms with Crippen molar-refractivity contribution in [3.63, 3.8) is 0 Å². The molecule has 1 spiro atoms. The Labute approximate surface area is 123 Å². The topological polar surface area (TPSA) is 73.2 Å². The molecule has 0 bridgehead atoms. The number of carbonyl (C=O) groups excluding carboxylic acids is 2. The maximum absolute atomic E-state index is 12.8. The first-order chi connectivity index (χ1) is 10.1. The smallest absolute Gasteiger partial charge is 0.323 e. The predicted octanol–water partition coefficient (Wildman–Crippen LogP) is 2.56. The van der Waals surface area contributed by atoms with Gasteiger partial charge in [0.15, 0.2) is 0 Å². The molecule has 0 aromatic heterocycles. The lowest BCUT2D eigenvalue weighted by atomic mass is 9.76. The van der Waals surface area contributed by atoms with E-state index in [9.17, 15) is 9.59 Å². The number of urea groups is 1. The number of nitrogens with one attached hydrogen (secondary N) is 1. The maximum Gasteiger partial charge on any atom is 0.329 e. The molecule has 1 aliphatic carbocycles. The van der Waals surface area contributed by atoms with E-state index in [1.807, 2.05) is 6.07 Å². The lowest BCUT2D eigenvalue weighted by Crippen LogP contribution is -2.50. The van der Waals surface area contributed by atoms with E-state index >= 15 is 0 Å². The standard InChI is InChI=1S/C16H17N3O2/c1-11-3-2-8-16(9-11)14(20)19(15(21)18-16)13-6-4-12(10-17)5-7-13/h4-7,11H,2-3,8-9H2,1H3,(H,18,21). The van der Waals surface area contributed by atoms with Crippen LogP contribution in [0.3, 0.4) is 0 Å². The number of rotatable bonds is 1. The number of nitrogens with zero attached hydrogens (tertiary/aromatic N) is 2. The van der Waals surface area contributed by atoms with E-state index in [2.05, 4.69) is 12.2 Å². The van der Waals surface area contributed by atoms with Crippen LogP contribution in [0.5, 0.6) is 0 Å². The number of benzene rings is 1. The molecule has 3 amide bonds. The number of carbonyl (C=O) groups is 2. The number of hydrogen-bond donors (Lipinski definition) is 1. The second-order valence-corrected chi connectivity index (χ2v) is 6.01. The highest BCUT2D eigenvalue weighted by Gasteiger charge is 2.52. The Hall–Kier alpha value is -2.35. The van der Waals surface area contributed by atoms with Crippen LogP contribution in [0.15, 0.2) is 24.3 Å². The molecule has 2 fully saturated rings. The molecule has 2 unspecified atom stereocenters. The van der Waals surface area contributed by atoms with Crippen molar-refractivity contribution in [1.29, 1.82) is 5.26 Å². The van der Waals surface area contributed by atoms with Gasteiger partial charge in [-0.2, -0.15) is 5.26 Å². The summed E-state index contributed by atoms with van der Waals surface area (Å²) in [4.78, 5) is 26.2. The Bertz CT molecular complexity index is 632. The zero-order valence-corrected chi connectivity index (χ0v) is 11.9. The number of nitriles is 1. The third kappa shape index (κ3) is 2.17. The molecule has 5 nitrogen and oxygen atoms in total. The van der Waals surface area contributed by atoms with Crippen molar-refractivity contribution in [2.24, 2.45) is 5.92 Å². The molecule has 3 rings (SSSR count). The summed E-state index contributed by atoms with van der Waals surface area (Å²) in [6.07, 6.45) is 3.45. The molecule has 2 atom stereocenters. The summed E-state index contributed by atoms with van der Waals surface area (Å²) < 4.78 is 0. The van der Waals surface area contributed by atoms with Crippen LogP contribution in [0.25, 0.3) is 0 Å². The minimum absolute atomic E-state index is 0.163. The zero-order valence-electron chi connectivity index (χ0n) is 11.9. The van der Waals surface area contributed by atoms with E-state index in [1.54, 1.807) is 24.3 Å². The summed E-state index contributed by atoms with van der Waals surface area (Å²) in [6.45, 7) is 2.12. The van der Waals surface area contributed by atoms with Gasteiger partial charge in [0.05, 0.1) is 17.3 Å². The Kier molecular flexibility index (Phi) is 3.17. The Morgan fingerprint density at radius 1 is 1.33 bits per heavy atom. The average Bonchev–Trinajstić information content (AvgIpc) is 2.70. The SMILES string of the molecule is CC1CCCC2(C1)NC(=O)N(c1ccc(C#N)cc1)C2=O. The van der Waals surface area contributed by atoms with Crippen LogP contribution in [-0.2, 0) is 4.79 Å². The lowest BCUT2D eigenvalue weighted by molar-refractivity contribution is -0.123. The number of hydrogen-bond acceptors (Lipinski definition) is 3. The molecule has 108 valence electrons. The van der Waals surface area contributed by atoms with Crippen LogP contribution in [0, 0.1) is 17.2 Å². The molecule has 1 N–H and O–H groups in total. The maximum atomic E-state index is 12.8. The highest BCUT2D eigenvalue weighted by molar-refractivity contribution is 6.23. The van der Waals surface area contributed by atoms with Crippen molar-refractivity contribution in [2.45, 2.75) is 38.1 Å². The van der Waals surface area contributed by atoms with Crippen LogP contribution in [0.4, 0.5) is 10.5 Å². The second-order valence-electron chi connectivity index (χ2n) is 6.01. The summed E-state index contributed by atoms with van der Waals surface area (Å²) in [5, 5.41) is 11.7. The molecular formula is C16H17N3O2. The van der Waals surface area contributed by atoms with Gasteiger partial charge in [-0.05, 0) is 43.0 Å². The van der Waals surface area contributed by atoms with Gasteiger partial charge in [-0.25, -0.2) is 9.69 Å². The fraction of sp³-hybridized carbons (Fsp3) is 0.438. The molecule has 1 heterocycles. The third-order valence-corrected chi connectivity index (χ3v) is 4.41. The minimum Gasteiger partial charge on any atom is -0.323 e. The molecule has 1 aromatic rings. The predicted molar refractivity (Wildman–Crippen MR) is 77.5 cm³/mol. The van der Waals surface area contributed by atoms with Gasteiger partial charge in [0.1, 0.15) is 5.54 Å². The van der Waals surface area contributed by atoms with Crippen molar-refractivity contribution in [1.82, 2.24) is 5.32 Å². The molecule has 2 aliphatic rings. The van der Waals surface area contributed by atoms with Gasteiger partial charge in [0.2, 0.25) is 0 Å². The monoisotopic (exact) mass is 283 g/mol. The molecule has 21 heavy (non-hydrogen) atoms. The van der Waals surface area contributed by atoms with E-state index in [4.69, 9.17) is 5.26 Å². The highest BCUT2D eigenvalue weighted by atomic mass is 16.2. The van der Waals surface area contributed by atoms with E-state index in [-0.39, 0.29) is 11.9 Å². The highest BCUT2D eigenvalue weighted by Crippen LogP contribution is 2.38. The molecule has 1 saturated carbocycles. The Balaban J connectivity index is 1.91. The van der Waals surface area contributed by atoms with Crippen molar-refractivity contribution >= 4 is 17.6 Å². The van der Waals surface area contributed by atoms with Gasteiger partial charge >= 0.3 is 6.03 Å². The van der Waals surface area contributed by atoms with Gasteiger partial charge < -0.3 is 5.32 Å². The van der Waals surface area contributed by atoms with E-state index in [0.717, 1.165) is 12.8 Å². The van der Waals surface area contributed by atoms with Crippen LogP contribution in [-0.4, -0.2) is 17.5 Å². The van der Waals surface area contributed by atoms with Crippen molar-refractivity contribution in [3.8, 4) is 6.07 Å². The summed E-state index contributed by atoms with van der Waals surface area (Å²) >= 11 is 0. The van der Waals surface area contributed by atoms with Gasteiger partial charge in [0, 0.05) is 0 Å². The molecule has 1 saturated heterocycles. The first-order valence-electron chi connectivity index (χ1n) is 7.22. The van der Waals surface area contributed by atoms with Gasteiger partial charge in [-0.3, -0.25) is 4.79 Å². The Morgan fingerprint density at radius 3 is 2.67 bits per heavy atom. The largest absolute Gasteiger partial charge is 0.329 e. The number of amides is 3. The number of anilines is 1. The summed E-state index contributed by atoms with van der Waals surface area (Å²) in [5.74, 6) is 0.271. The molecular weight excluding hydrogens is 266 g/mol. The van der Waals surface area contributed by atoms with Crippen LogP contribution < -0.4 is 10.2 Å².